The third kappa shape index (κ3) is 6.24. The summed E-state index contributed by atoms with van der Waals surface area (Å²) < 4.78 is 15.2. The lowest BCUT2D eigenvalue weighted by atomic mass is 10.1. The molecule has 2 aromatic rings. The van der Waals surface area contributed by atoms with Crippen molar-refractivity contribution in [1.82, 2.24) is 15.2 Å². The number of aromatic nitrogens is 1. The average molecular weight is 441 g/mol. The van der Waals surface area contributed by atoms with Crippen molar-refractivity contribution in [2.75, 3.05) is 40.5 Å². The van der Waals surface area contributed by atoms with E-state index in [1.165, 1.54) is 37.5 Å². The molecule has 0 unspecified atom stereocenters. The number of amides is 2. The molecular weight excluding hydrogens is 420 g/mol. The molecule has 162 valence electrons. The van der Waals surface area contributed by atoms with Crippen LogP contribution in [0.2, 0.25) is 5.02 Å². The maximum Gasteiger partial charge on any atom is 0.273 e. The maximum absolute atomic E-state index is 12.9. The van der Waals surface area contributed by atoms with E-state index in [1.54, 1.807) is 0 Å². The van der Waals surface area contributed by atoms with Gasteiger partial charge < -0.3 is 24.1 Å². The highest BCUT2D eigenvalue weighted by Crippen LogP contribution is 2.24. The van der Waals surface area contributed by atoms with Crippen molar-refractivity contribution in [3.63, 3.8) is 0 Å². The number of methoxy groups -OCH3 is 2. The first-order chi connectivity index (χ1) is 14.4. The minimum absolute atomic E-state index is 0.0535. The average Bonchev–Trinajstić information content (AvgIpc) is 3.19. The monoisotopic (exact) mass is 440 g/mol. The Kier molecular flexibility index (Phi) is 8.71. The van der Waals surface area contributed by atoms with Crippen molar-refractivity contribution in [3.05, 3.63) is 56.7 Å². The maximum atomic E-state index is 12.9. The number of nitrogens with zero attached hydrogens (tertiary/aromatic N) is 3. The van der Waals surface area contributed by atoms with Crippen molar-refractivity contribution in [2.24, 2.45) is 0 Å². The van der Waals surface area contributed by atoms with Gasteiger partial charge in [0, 0.05) is 39.4 Å². The standard InChI is InChI=1S/C18H21ClN4O7/c1-28-7-5-20-17(24)15-11-30-16(21-15)10-22(6-8-29-2)18(25)13-4-3-12(23(26)27)9-14(13)19/h3-4,9,11H,5-8,10H2,1-2H3,(H,20,24). The van der Waals surface area contributed by atoms with Gasteiger partial charge >= 0.3 is 0 Å². The minimum Gasteiger partial charge on any atom is -0.446 e. The summed E-state index contributed by atoms with van der Waals surface area (Å²) in [5.74, 6) is -0.791. The highest BCUT2D eigenvalue weighted by Gasteiger charge is 2.23. The van der Waals surface area contributed by atoms with Crippen LogP contribution < -0.4 is 5.32 Å². The van der Waals surface area contributed by atoms with Gasteiger partial charge in [-0.3, -0.25) is 19.7 Å². The van der Waals surface area contributed by atoms with Crippen molar-refractivity contribution >= 4 is 29.1 Å². The quantitative estimate of drug-likeness (QED) is 0.317. The van der Waals surface area contributed by atoms with Crippen LogP contribution in [0, 0.1) is 10.1 Å². The number of rotatable bonds is 11. The third-order valence-electron chi connectivity index (χ3n) is 3.95. The fourth-order valence-corrected chi connectivity index (χ4v) is 2.68. The van der Waals surface area contributed by atoms with E-state index in [0.29, 0.717) is 13.2 Å². The van der Waals surface area contributed by atoms with Gasteiger partial charge in [0.2, 0.25) is 5.89 Å². The molecule has 0 saturated carbocycles. The molecule has 2 amide bonds. The van der Waals surface area contributed by atoms with E-state index in [4.69, 9.17) is 25.5 Å². The fourth-order valence-electron chi connectivity index (χ4n) is 2.42. The Hall–Kier alpha value is -3.02. The molecule has 0 aliphatic carbocycles. The molecule has 0 spiro atoms. The number of oxazole rings is 1. The van der Waals surface area contributed by atoms with Crippen molar-refractivity contribution in [1.29, 1.82) is 0 Å². The van der Waals surface area contributed by atoms with E-state index in [2.05, 4.69) is 10.3 Å². The van der Waals surface area contributed by atoms with Crippen LogP contribution in [0.1, 0.15) is 26.7 Å². The molecule has 1 heterocycles. The van der Waals surface area contributed by atoms with Gasteiger partial charge in [-0.2, -0.15) is 0 Å². The van der Waals surface area contributed by atoms with Crippen LogP contribution in [0.4, 0.5) is 5.69 Å². The summed E-state index contributed by atoms with van der Waals surface area (Å²) in [6, 6.07) is 3.59. The van der Waals surface area contributed by atoms with E-state index >= 15 is 0 Å². The molecule has 1 aromatic heterocycles. The van der Waals surface area contributed by atoms with Crippen molar-refractivity contribution in [2.45, 2.75) is 6.54 Å². The normalized spacial score (nSPS) is 10.6. The van der Waals surface area contributed by atoms with Gasteiger partial charge in [-0.15, -0.1) is 0 Å². The predicted molar refractivity (Wildman–Crippen MR) is 105 cm³/mol. The summed E-state index contributed by atoms with van der Waals surface area (Å²) in [6.45, 7) is 1.02. The lowest BCUT2D eigenvalue weighted by Gasteiger charge is -2.21. The van der Waals surface area contributed by atoms with Crippen LogP contribution in [0.3, 0.4) is 0 Å². The molecular formula is C18H21ClN4O7. The molecule has 0 bridgehead atoms. The van der Waals surface area contributed by atoms with Crippen LogP contribution in [0.25, 0.3) is 0 Å². The number of hydrogen-bond acceptors (Lipinski definition) is 8. The number of halogens is 1. The second-order valence-electron chi connectivity index (χ2n) is 6.02. The summed E-state index contributed by atoms with van der Waals surface area (Å²) in [6.07, 6.45) is 1.19. The van der Waals surface area contributed by atoms with E-state index in [1.807, 2.05) is 0 Å². The highest BCUT2D eigenvalue weighted by molar-refractivity contribution is 6.34. The topological polar surface area (TPSA) is 137 Å². The second kappa shape index (κ2) is 11.2. The van der Waals surface area contributed by atoms with Crippen LogP contribution in [-0.4, -0.2) is 67.1 Å². The van der Waals surface area contributed by atoms with Crippen molar-refractivity contribution < 1.29 is 28.4 Å². The first-order valence-corrected chi connectivity index (χ1v) is 9.18. The second-order valence-corrected chi connectivity index (χ2v) is 6.42. The number of carbonyl (C=O) groups excluding carboxylic acids is 2. The molecule has 12 heteroatoms. The molecule has 30 heavy (non-hydrogen) atoms. The number of ether oxygens (including phenoxy) is 2. The number of benzene rings is 1. The Bertz CT molecular complexity index is 902. The lowest BCUT2D eigenvalue weighted by Crippen LogP contribution is -2.34. The first kappa shape index (κ1) is 23.3. The Balaban J connectivity index is 2.15. The number of nitro groups is 1. The summed E-state index contributed by atoms with van der Waals surface area (Å²) in [5.41, 5.74) is -0.0760. The van der Waals surface area contributed by atoms with Crippen LogP contribution >= 0.6 is 11.6 Å². The van der Waals surface area contributed by atoms with E-state index in [-0.39, 0.29) is 47.6 Å². The molecule has 1 N–H and O–H groups in total. The van der Waals surface area contributed by atoms with Gasteiger partial charge in [0.15, 0.2) is 5.69 Å². The Labute approximate surface area is 177 Å². The molecule has 0 saturated heterocycles. The third-order valence-corrected chi connectivity index (χ3v) is 4.26. The summed E-state index contributed by atoms with van der Waals surface area (Å²) in [4.78, 5) is 40.7. The van der Waals surface area contributed by atoms with Crippen molar-refractivity contribution in [3.8, 4) is 0 Å². The largest absolute Gasteiger partial charge is 0.446 e. The number of hydrogen-bond donors (Lipinski definition) is 1. The molecule has 0 atom stereocenters. The van der Waals surface area contributed by atoms with Gasteiger partial charge in [-0.25, -0.2) is 4.98 Å². The summed E-state index contributed by atoms with van der Waals surface area (Å²) in [7, 11) is 3.00. The Morgan fingerprint density at radius 1 is 1.30 bits per heavy atom. The SMILES string of the molecule is COCCNC(=O)c1coc(CN(CCOC)C(=O)c2ccc([N+](=O)[O-])cc2Cl)n1. The zero-order valence-electron chi connectivity index (χ0n) is 16.4. The molecule has 0 fully saturated rings. The van der Waals surface area contributed by atoms with Crippen LogP contribution in [0.5, 0.6) is 0 Å². The minimum atomic E-state index is -0.602. The molecule has 0 aliphatic rings. The van der Waals surface area contributed by atoms with Gasteiger partial charge in [0.05, 0.1) is 35.3 Å². The lowest BCUT2D eigenvalue weighted by molar-refractivity contribution is -0.384. The smallest absolute Gasteiger partial charge is 0.273 e. The summed E-state index contributed by atoms with van der Waals surface area (Å²) >= 11 is 6.07. The van der Waals surface area contributed by atoms with Crippen LogP contribution in [-0.2, 0) is 16.0 Å². The van der Waals surface area contributed by atoms with E-state index < -0.39 is 16.7 Å². The zero-order valence-corrected chi connectivity index (χ0v) is 17.2. The molecule has 11 nitrogen and oxygen atoms in total. The van der Waals surface area contributed by atoms with Gasteiger partial charge in [-0.1, -0.05) is 11.6 Å². The van der Waals surface area contributed by atoms with Crippen LogP contribution in [0.15, 0.2) is 28.9 Å². The molecule has 1 aromatic carbocycles. The summed E-state index contributed by atoms with van der Waals surface area (Å²) in [5, 5.41) is 13.4. The number of nitrogens with one attached hydrogen (secondary N) is 1. The molecule has 2 rings (SSSR count). The number of non-ortho nitro benzene ring substituents is 1. The van der Waals surface area contributed by atoms with E-state index in [0.717, 1.165) is 6.07 Å². The Morgan fingerprint density at radius 2 is 2.03 bits per heavy atom. The number of carbonyl (C=O) groups is 2. The zero-order chi connectivity index (χ0) is 22.1. The van der Waals surface area contributed by atoms with Gasteiger partial charge in [0.1, 0.15) is 6.26 Å². The molecule has 0 radical (unpaired) electrons. The predicted octanol–water partition coefficient (Wildman–Crippen LogP) is 1.90. The number of nitro benzene ring substituents is 1. The fraction of sp³-hybridized carbons (Fsp3) is 0.389. The van der Waals surface area contributed by atoms with E-state index in [9.17, 15) is 19.7 Å². The Morgan fingerprint density at radius 3 is 2.67 bits per heavy atom. The first-order valence-electron chi connectivity index (χ1n) is 8.81. The molecule has 0 aliphatic heterocycles. The van der Waals surface area contributed by atoms with Gasteiger partial charge in [0.25, 0.3) is 17.5 Å². The van der Waals surface area contributed by atoms with Gasteiger partial charge in [-0.05, 0) is 6.07 Å². The highest BCUT2D eigenvalue weighted by atomic mass is 35.5.